The molecule has 1 aliphatic rings. The average molecular weight is 237 g/mol. The Morgan fingerprint density at radius 1 is 1.47 bits per heavy atom. The van der Waals surface area contributed by atoms with E-state index in [9.17, 15) is 10.1 Å². The number of nitrogens with zero attached hydrogens (tertiary/aromatic N) is 1. The average Bonchev–Trinajstić information content (AvgIpc) is 3.10. The maximum atomic E-state index is 10.9. The number of nitro benzene ring substituents is 1. The first-order valence-electron chi connectivity index (χ1n) is 5.79. The van der Waals surface area contributed by atoms with Gasteiger partial charge in [0.2, 0.25) is 0 Å². The highest BCUT2D eigenvalue weighted by molar-refractivity contribution is 5.69. The number of hydrogen-bond acceptors (Lipinski definition) is 4. The van der Waals surface area contributed by atoms with Crippen LogP contribution in [0.3, 0.4) is 0 Å². The van der Waals surface area contributed by atoms with Gasteiger partial charge in [-0.1, -0.05) is 0 Å². The zero-order chi connectivity index (χ0) is 12.3. The van der Waals surface area contributed by atoms with Crippen molar-refractivity contribution < 1.29 is 10.7 Å². The van der Waals surface area contributed by atoms with Gasteiger partial charge in [0.25, 0.3) is 5.69 Å². The van der Waals surface area contributed by atoms with Crippen molar-refractivity contribution in [2.45, 2.75) is 18.9 Å². The number of benzene rings is 1. The van der Waals surface area contributed by atoms with Crippen LogP contribution in [0.4, 0.5) is 17.1 Å². The van der Waals surface area contributed by atoms with Gasteiger partial charge in [0, 0.05) is 17.8 Å². The lowest BCUT2D eigenvalue weighted by atomic mass is 10.2. The normalized spacial score (nSPS) is 14.4. The smallest absolute Gasteiger partial charge is 0.292 e. The van der Waals surface area contributed by atoms with E-state index >= 15 is 0 Å². The maximum Gasteiger partial charge on any atom is 0.292 e. The minimum Gasteiger partial charge on any atom is -0.379 e. The van der Waals surface area contributed by atoms with Gasteiger partial charge < -0.3 is 16.4 Å². The minimum absolute atomic E-state index is 0.136. The Hall–Kier alpha value is -1.82. The lowest BCUT2D eigenvalue weighted by Gasteiger charge is -2.09. The molecule has 0 bridgehead atoms. The summed E-state index contributed by atoms with van der Waals surface area (Å²) in [5, 5.41) is 17.2. The van der Waals surface area contributed by atoms with Crippen LogP contribution >= 0.6 is 0 Å². The molecule has 92 valence electrons. The summed E-state index contributed by atoms with van der Waals surface area (Å²) < 4.78 is 0. The van der Waals surface area contributed by atoms with E-state index in [4.69, 9.17) is 0 Å². The number of nitro groups is 1. The first-order chi connectivity index (χ1) is 8.20. The van der Waals surface area contributed by atoms with E-state index in [1.165, 1.54) is 6.07 Å². The van der Waals surface area contributed by atoms with Crippen LogP contribution in [0.1, 0.15) is 12.8 Å². The molecule has 0 aliphatic heterocycles. The molecule has 17 heavy (non-hydrogen) atoms. The maximum absolute atomic E-state index is 10.9. The van der Waals surface area contributed by atoms with Gasteiger partial charge in [0.15, 0.2) is 0 Å². The Kier molecular flexibility index (Phi) is 3.43. The number of quaternary nitrogens is 1. The lowest BCUT2D eigenvalue weighted by Crippen LogP contribution is -2.53. The van der Waals surface area contributed by atoms with E-state index in [1.807, 2.05) is 0 Å². The van der Waals surface area contributed by atoms with Gasteiger partial charge in [-0.05, 0) is 25.0 Å². The van der Waals surface area contributed by atoms with Crippen molar-refractivity contribution in [1.82, 2.24) is 0 Å². The Bertz CT molecular complexity index is 418. The van der Waals surface area contributed by atoms with Gasteiger partial charge in [-0.25, -0.2) is 0 Å². The van der Waals surface area contributed by atoms with Crippen molar-refractivity contribution in [3.05, 3.63) is 28.3 Å². The molecule has 0 amide bonds. The summed E-state index contributed by atoms with van der Waals surface area (Å²) in [6, 6.07) is 5.46. The topological polar surface area (TPSA) is 94.8 Å². The van der Waals surface area contributed by atoms with Crippen molar-refractivity contribution in [3.8, 4) is 0 Å². The fraction of sp³-hybridized carbons (Fsp3) is 0.455. The second-order valence-electron chi connectivity index (χ2n) is 4.19. The molecular formula is C11H17N4O2+. The largest absolute Gasteiger partial charge is 0.379 e. The number of rotatable bonds is 6. The molecule has 0 atom stereocenters. The van der Waals surface area contributed by atoms with E-state index in [0.29, 0.717) is 11.7 Å². The lowest BCUT2D eigenvalue weighted by molar-refractivity contribution is -0.384. The molecule has 1 aromatic carbocycles. The van der Waals surface area contributed by atoms with Crippen molar-refractivity contribution >= 4 is 17.1 Å². The Morgan fingerprint density at radius 3 is 2.82 bits per heavy atom. The van der Waals surface area contributed by atoms with E-state index < -0.39 is 0 Å². The second-order valence-corrected chi connectivity index (χ2v) is 4.19. The van der Waals surface area contributed by atoms with Crippen LogP contribution in [0.2, 0.25) is 0 Å². The standard InChI is InChI=1S/C11H16N4O2/c12-5-6-13-9-3-4-11(15(16)17)10(7-9)14-8-1-2-8/h3-4,7-8,13-14H,1-2,5-6,12H2/p+1. The van der Waals surface area contributed by atoms with Crippen molar-refractivity contribution in [2.24, 2.45) is 0 Å². The Morgan fingerprint density at radius 2 is 2.24 bits per heavy atom. The minimum atomic E-state index is -0.351. The quantitative estimate of drug-likeness (QED) is 0.504. The highest BCUT2D eigenvalue weighted by Crippen LogP contribution is 2.32. The fourth-order valence-corrected chi connectivity index (χ4v) is 1.60. The van der Waals surface area contributed by atoms with Crippen molar-refractivity contribution in [1.29, 1.82) is 0 Å². The van der Waals surface area contributed by atoms with E-state index in [2.05, 4.69) is 16.4 Å². The fourth-order valence-electron chi connectivity index (χ4n) is 1.60. The monoisotopic (exact) mass is 237 g/mol. The highest BCUT2D eigenvalue weighted by Gasteiger charge is 2.24. The molecule has 0 unspecified atom stereocenters. The molecular weight excluding hydrogens is 220 g/mol. The molecule has 1 saturated carbocycles. The highest BCUT2D eigenvalue weighted by atomic mass is 16.6. The molecule has 1 aliphatic carbocycles. The molecule has 0 saturated heterocycles. The third-order valence-electron chi connectivity index (χ3n) is 2.64. The molecule has 2 rings (SSSR count). The molecule has 0 spiro atoms. The number of anilines is 2. The predicted octanol–water partition coefficient (Wildman–Crippen LogP) is 0.823. The molecule has 1 fully saturated rings. The predicted molar refractivity (Wildman–Crippen MR) is 66.0 cm³/mol. The van der Waals surface area contributed by atoms with Crippen LogP contribution in [0.25, 0.3) is 0 Å². The van der Waals surface area contributed by atoms with E-state index in [-0.39, 0.29) is 10.6 Å². The molecule has 5 N–H and O–H groups in total. The SMILES string of the molecule is [NH3+]CCNc1ccc([N+](=O)[O-])c(NC2CC2)c1. The summed E-state index contributed by atoms with van der Waals surface area (Å²) in [4.78, 5) is 10.5. The summed E-state index contributed by atoms with van der Waals surface area (Å²) in [7, 11) is 0. The molecule has 0 radical (unpaired) electrons. The van der Waals surface area contributed by atoms with E-state index in [1.54, 1.807) is 12.1 Å². The molecule has 0 aromatic heterocycles. The first kappa shape index (κ1) is 11.7. The summed E-state index contributed by atoms with van der Waals surface area (Å²) in [6.45, 7) is 1.54. The van der Waals surface area contributed by atoms with Gasteiger partial charge in [-0.2, -0.15) is 0 Å². The first-order valence-corrected chi connectivity index (χ1v) is 5.79. The number of nitrogens with one attached hydrogen (secondary N) is 2. The second kappa shape index (κ2) is 5.01. The van der Waals surface area contributed by atoms with Crippen LogP contribution in [-0.2, 0) is 0 Å². The summed E-state index contributed by atoms with van der Waals surface area (Å²) in [5.41, 5.74) is 5.37. The van der Waals surface area contributed by atoms with Crippen LogP contribution in [0.5, 0.6) is 0 Å². The summed E-state index contributed by atoms with van der Waals surface area (Å²) in [6.07, 6.45) is 2.18. The Labute approximate surface area is 99.3 Å². The molecule has 0 heterocycles. The molecule has 6 nitrogen and oxygen atoms in total. The van der Waals surface area contributed by atoms with Crippen LogP contribution in [0, 0.1) is 10.1 Å². The van der Waals surface area contributed by atoms with Crippen LogP contribution in [-0.4, -0.2) is 24.1 Å². The van der Waals surface area contributed by atoms with E-state index in [0.717, 1.165) is 31.6 Å². The zero-order valence-electron chi connectivity index (χ0n) is 9.61. The molecule has 1 aromatic rings. The van der Waals surface area contributed by atoms with Gasteiger partial charge in [-0.15, -0.1) is 0 Å². The van der Waals surface area contributed by atoms with Gasteiger partial charge in [0.1, 0.15) is 5.69 Å². The Balaban J connectivity index is 2.18. The van der Waals surface area contributed by atoms with Crippen LogP contribution < -0.4 is 16.4 Å². The van der Waals surface area contributed by atoms with Gasteiger partial charge >= 0.3 is 0 Å². The van der Waals surface area contributed by atoms with Crippen molar-refractivity contribution in [2.75, 3.05) is 23.7 Å². The zero-order valence-corrected chi connectivity index (χ0v) is 9.61. The number of hydrogen-bond donors (Lipinski definition) is 3. The van der Waals surface area contributed by atoms with Gasteiger partial charge in [0.05, 0.1) is 18.0 Å². The van der Waals surface area contributed by atoms with Crippen LogP contribution in [0.15, 0.2) is 18.2 Å². The third-order valence-corrected chi connectivity index (χ3v) is 2.64. The summed E-state index contributed by atoms with van der Waals surface area (Å²) >= 11 is 0. The third kappa shape index (κ3) is 3.07. The van der Waals surface area contributed by atoms with Gasteiger partial charge in [-0.3, -0.25) is 10.1 Å². The van der Waals surface area contributed by atoms with Crippen molar-refractivity contribution in [3.63, 3.8) is 0 Å². The summed E-state index contributed by atoms with van der Waals surface area (Å²) in [5.74, 6) is 0. The molecule has 6 heteroatoms.